The molecule has 1 heterocycles. The Hall–Kier alpha value is -3.03. The SMILES string of the molecule is FC(F)(F)Oc1ccc(CCNc2ccc(-n3cncn3)cc2)cc1. The van der Waals surface area contributed by atoms with Crippen molar-refractivity contribution in [3.63, 3.8) is 0 Å². The smallest absolute Gasteiger partial charge is 0.406 e. The van der Waals surface area contributed by atoms with E-state index in [-0.39, 0.29) is 5.75 Å². The molecule has 0 fully saturated rings. The predicted octanol–water partition coefficient (Wildman–Crippen LogP) is 3.82. The molecule has 8 heteroatoms. The highest BCUT2D eigenvalue weighted by Gasteiger charge is 2.30. The molecule has 1 N–H and O–H groups in total. The summed E-state index contributed by atoms with van der Waals surface area (Å²) in [5, 5.41) is 7.31. The van der Waals surface area contributed by atoms with E-state index in [2.05, 4.69) is 20.1 Å². The Kier molecular flexibility index (Phi) is 4.87. The van der Waals surface area contributed by atoms with E-state index in [1.807, 2.05) is 24.3 Å². The molecule has 0 unspecified atom stereocenters. The Bertz CT molecular complexity index is 784. The monoisotopic (exact) mass is 348 g/mol. The second kappa shape index (κ2) is 7.25. The molecule has 0 saturated carbocycles. The summed E-state index contributed by atoms with van der Waals surface area (Å²) in [6.45, 7) is 0.655. The van der Waals surface area contributed by atoms with Gasteiger partial charge in [-0.1, -0.05) is 12.1 Å². The first kappa shape index (κ1) is 16.8. The van der Waals surface area contributed by atoms with Gasteiger partial charge in [-0.25, -0.2) is 9.67 Å². The van der Waals surface area contributed by atoms with E-state index in [1.165, 1.54) is 18.5 Å². The van der Waals surface area contributed by atoms with E-state index in [1.54, 1.807) is 23.1 Å². The zero-order valence-electron chi connectivity index (χ0n) is 13.1. The van der Waals surface area contributed by atoms with E-state index in [0.717, 1.165) is 16.9 Å². The molecule has 130 valence electrons. The maximum Gasteiger partial charge on any atom is 0.573 e. The van der Waals surface area contributed by atoms with Crippen LogP contribution in [0.25, 0.3) is 5.69 Å². The number of nitrogens with one attached hydrogen (secondary N) is 1. The van der Waals surface area contributed by atoms with Crippen molar-refractivity contribution in [3.8, 4) is 11.4 Å². The highest BCUT2D eigenvalue weighted by molar-refractivity contribution is 5.48. The van der Waals surface area contributed by atoms with Gasteiger partial charge in [0, 0.05) is 12.2 Å². The van der Waals surface area contributed by atoms with Crippen molar-refractivity contribution < 1.29 is 17.9 Å². The Morgan fingerprint density at radius 2 is 1.72 bits per heavy atom. The molecular formula is C17H15F3N4O. The Balaban J connectivity index is 1.49. The van der Waals surface area contributed by atoms with Gasteiger partial charge in [0.2, 0.25) is 0 Å². The fraction of sp³-hybridized carbons (Fsp3) is 0.176. The molecule has 0 aliphatic rings. The summed E-state index contributed by atoms with van der Waals surface area (Å²) < 4.78 is 41.8. The number of hydrogen-bond donors (Lipinski definition) is 1. The quantitative estimate of drug-likeness (QED) is 0.736. The normalized spacial score (nSPS) is 11.3. The minimum absolute atomic E-state index is 0.215. The number of benzene rings is 2. The van der Waals surface area contributed by atoms with Crippen LogP contribution in [0.1, 0.15) is 5.56 Å². The van der Waals surface area contributed by atoms with Crippen molar-refractivity contribution in [2.24, 2.45) is 0 Å². The highest BCUT2D eigenvalue weighted by Crippen LogP contribution is 2.22. The van der Waals surface area contributed by atoms with Gasteiger partial charge in [0.05, 0.1) is 5.69 Å². The number of hydrogen-bond acceptors (Lipinski definition) is 4. The van der Waals surface area contributed by atoms with Crippen LogP contribution in [0, 0.1) is 0 Å². The van der Waals surface area contributed by atoms with Crippen LogP contribution in [-0.4, -0.2) is 27.7 Å². The van der Waals surface area contributed by atoms with Crippen molar-refractivity contribution >= 4 is 5.69 Å². The van der Waals surface area contributed by atoms with Crippen LogP contribution < -0.4 is 10.1 Å². The van der Waals surface area contributed by atoms with Gasteiger partial charge in [-0.05, 0) is 48.4 Å². The predicted molar refractivity (Wildman–Crippen MR) is 86.7 cm³/mol. The number of nitrogens with zero attached hydrogens (tertiary/aromatic N) is 3. The number of ether oxygens (including phenoxy) is 1. The summed E-state index contributed by atoms with van der Waals surface area (Å²) in [6.07, 6.45) is -0.898. The molecule has 5 nitrogen and oxygen atoms in total. The van der Waals surface area contributed by atoms with Crippen LogP contribution in [0.2, 0.25) is 0 Å². The molecule has 0 bridgehead atoms. The first-order chi connectivity index (χ1) is 12.0. The van der Waals surface area contributed by atoms with Crippen LogP contribution in [0.15, 0.2) is 61.2 Å². The van der Waals surface area contributed by atoms with Gasteiger partial charge in [-0.2, -0.15) is 5.10 Å². The van der Waals surface area contributed by atoms with Crippen LogP contribution in [-0.2, 0) is 6.42 Å². The average molecular weight is 348 g/mol. The molecule has 3 rings (SSSR count). The fourth-order valence-electron chi connectivity index (χ4n) is 2.28. The fourth-order valence-corrected chi connectivity index (χ4v) is 2.28. The Morgan fingerprint density at radius 3 is 2.32 bits per heavy atom. The average Bonchev–Trinajstić information content (AvgIpc) is 3.10. The van der Waals surface area contributed by atoms with Gasteiger partial charge < -0.3 is 10.1 Å². The minimum Gasteiger partial charge on any atom is -0.406 e. The second-order valence-corrected chi connectivity index (χ2v) is 5.26. The molecule has 0 radical (unpaired) electrons. The minimum atomic E-state index is -4.67. The number of aromatic nitrogens is 3. The number of anilines is 1. The molecule has 0 aliphatic carbocycles. The molecule has 25 heavy (non-hydrogen) atoms. The van der Waals surface area contributed by atoms with Gasteiger partial charge in [0.15, 0.2) is 0 Å². The first-order valence-electron chi connectivity index (χ1n) is 7.53. The van der Waals surface area contributed by atoms with E-state index in [0.29, 0.717) is 13.0 Å². The molecule has 0 spiro atoms. The van der Waals surface area contributed by atoms with Crippen LogP contribution in [0.3, 0.4) is 0 Å². The first-order valence-corrected chi connectivity index (χ1v) is 7.53. The lowest BCUT2D eigenvalue weighted by Crippen LogP contribution is -2.17. The molecule has 1 aromatic heterocycles. The number of alkyl halides is 3. The van der Waals surface area contributed by atoms with Gasteiger partial charge in [-0.3, -0.25) is 0 Å². The largest absolute Gasteiger partial charge is 0.573 e. The molecule has 0 aliphatic heterocycles. The molecule has 0 amide bonds. The van der Waals surface area contributed by atoms with Gasteiger partial charge in [0.1, 0.15) is 18.4 Å². The maximum atomic E-state index is 12.1. The molecular weight excluding hydrogens is 333 g/mol. The third-order valence-corrected chi connectivity index (χ3v) is 3.45. The van der Waals surface area contributed by atoms with Crippen molar-refractivity contribution in [2.45, 2.75) is 12.8 Å². The summed E-state index contributed by atoms with van der Waals surface area (Å²) >= 11 is 0. The van der Waals surface area contributed by atoms with Crippen molar-refractivity contribution in [1.82, 2.24) is 14.8 Å². The third kappa shape index (κ3) is 4.97. The maximum absolute atomic E-state index is 12.1. The van der Waals surface area contributed by atoms with E-state index < -0.39 is 6.36 Å². The Morgan fingerprint density at radius 1 is 1.00 bits per heavy atom. The summed E-state index contributed by atoms with van der Waals surface area (Å²) in [6, 6.07) is 13.6. The molecule has 0 atom stereocenters. The van der Waals surface area contributed by atoms with Crippen molar-refractivity contribution in [3.05, 3.63) is 66.7 Å². The summed E-state index contributed by atoms with van der Waals surface area (Å²) in [7, 11) is 0. The summed E-state index contributed by atoms with van der Waals surface area (Å²) in [5.74, 6) is -0.215. The van der Waals surface area contributed by atoms with Crippen LogP contribution >= 0.6 is 0 Å². The second-order valence-electron chi connectivity index (χ2n) is 5.26. The van der Waals surface area contributed by atoms with E-state index in [9.17, 15) is 13.2 Å². The number of rotatable bonds is 6. The van der Waals surface area contributed by atoms with Gasteiger partial charge in [0.25, 0.3) is 0 Å². The van der Waals surface area contributed by atoms with Crippen molar-refractivity contribution in [2.75, 3.05) is 11.9 Å². The summed E-state index contributed by atoms with van der Waals surface area (Å²) in [4.78, 5) is 3.89. The molecule has 3 aromatic rings. The number of halogens is 3. The molecule has 2 aromatic carbocycles. The van der Waals surface area contributed by atoms with Crippen LogP contribution in [0.4, 0.5) is 18.9 Å². The molecule has 0 saturated heterocycles. The van der Waals surface area contributed by atoms with Gasteiger partial charge in [-0.15, -0.1) is 13.2 Å². The summed E-state index contributed by atoms with van der Waals surface area (Å²) in [5.41, 5.74) is 2.77. The standard InChI is InChI=1S/C17H15F3N4O/c18-17(19,20)25-16-7-1-13(2-8-16)9-10-22-14-3-5-15(6-4-14)24-12-21-11-23-24/h1-8,11-12,22H,9-10H2. The lowest BCUT2D eigenvalue weighted by molar-refractivity contribution is -0.274. The van der Waals surface area contributed by atoms with Crippen molar-refractivity contribution in [1.29, 1.82) is 0 Å². The van der Waals surface area contributed by atoms with Gasteiger partial charge >= 0.3 is 6.36 Å². The van der Waals surface area contributed by atoms with Crippen LogP contribution in [0.5, 0.6) is 5.75 Å². The van der Waals surface area contributed by atoms with E-state index in [4.69, 9.17) is 0 Å². The lowest BCUT2D eigenvalue weighted by atomic mass is 10.1. The highest BCUT2D eigenvalue weighted by atomic mass is 19.4. The third-order valence-electron chi connectivity index (χ3n) is 3.45. The van der Waals surface area contributed by atoms with E-state index >= 15 is 0 Å². The lowest BCUT2D eigenvalue weighted by Gasteiger charge is -2.10. The Labute approximate surface area is 142 Å². The zero-order chi connectivity index (χ0) is 17.7. The topological polar surface area (TPSA) is 52.0 Å². The zero-order valence-corrected chi connectivity index (χ0v) is 13.1.